The average molecular weight is 675 g/mol. The van der Waals surface area contributed by atoms with Gasteiger partial charge < -0.3 is 4.74 Å². The number of cyclic esters (lactones) is 1. The molecular formula is C47H36N3O2+3. The van der Waals surface area contributed by atoms with E-state index in [0.29, 0.717) is 12.2 Å². The van der Waals surface area contributed by atoms with Crippen LogP contribution in [0.15, 0.2) is 140 Å². The predicted molar refractivity (Wildman–Crippen MR) is 202 cm³/mol. The van der Waals surface area contributed by atoms with E-state index in [1.54, 1.807) is 0 Å². The highest BCUT2D eigenvalue weighted by Crippen LogP contribution is 2.51. The molecule has 1 unspecified atom stereocenters. The van der Waals surface area contributed by atoms with Crippen molar-refractivity contribution in [2.24, 2.45) is 0 Å². The first kappa shape index (κ1) is 30.4. The van der Waals surface area contributed by atoms with Crippen molar-refractivity contribution in [2.45, 2.75) is 26.1 Å². The van der Waals surface area contributed by atoms with Crippen LogP contribution in [-0.2, 0) is 16.9 Å². The zero-order valence-corrected chi connectivity index (χ0v) is 29.1. The Kier molecular flexibility index (Phi) is 6.58. The summed E-state index contributed by atoms with van der Waals surface area (Å²) < 4.78 is 13.1. The van der Waals surface area contributed by atoms with E-state index in [0.717, 1.165) is 77.6 Å². The molecule has 1 spiro atoms. The third-order valence-corrected chi connectivity index (χ3v) is 11.1. The molecule has 0 bridgehead atoms. The lowest BCUT2D eigenvalue weighted by molar-refractivity contribution is -0.955. The molecule has 248 valence electrons. The number of ether oxygens (including phenoxy) is 1. The van der Waals surface area contributed by atoms with Crippen LogP contribution in [-0.4, -0.2) is 12.6 Å². The molecule has 0 saturated carbocycles. The fraction of sp³-hybridized carbons (Fsp3) is 0.106. The maximum Gasteiger partial charge on any atom is 0.419 e. The molecule has 1 atom stereocenters. The van der Waals surface area contributed by atoms with E-state index in [4.69, 9.17) is 4.74 Å². The second-order valence-corrected chi connectivity index (χ2v) is 13.9. The van der Waals surface area contributed by atoms with Gasteiger partial charge in [0.2, 0.25) is 17.1 Å². The predicted octanol–water partition coefficient (Wildman–Crippen LogP) is 6.50. The van der Waals surface area contributed by atoms with Crippen LogP contribution in [0.1, 0.15) is 34.1 Å². The Labute approximate surface area is 302 Å². The lowest BCUT2D eigenvalue weighted by atomic mass is 9.83. The van der Waals surface area contributed by atoms with Crippen LogP contribution in [0.5, 0.6) is 0 Å². The van der Waals surface area contributed by atoms with Crippen molar-refractivity contribution in [1.29, 1.82) is 0 Å². The molecule has 52 heavy (non-hydrogen) atoms. The van der Waals surface area contributed by atoms with Crippen LogP contribution < -0.4 is 24.1 Å². The number of rotatable bonds is 2. The zero-order valence-electron chi connectivity index (χ0n) is 29.1. The number of nitrogens with zero attached hydrogens (tertiary/aromatic N) is 3. The fourth-order valence-electron chi connectivity index (χ4n) is 8.86. The van der Waals surface area contributed by atoms with Crippen LogP contribution in [0.25, 0.3) is 68.7 Å². The van der Waals surface area contributed by atoms with Crippen LogP contribution in [0.3, 0.4) is 0 Å². The van der Waals surface area contributed by atoms with Gasteiger partial charge in [-0.05, 0) is 71.7 Å². The van der Waals surface area contributed by atoms with Gasteiger partial charge in [-0.15, -0.1) is 9.13 Å². The summed E-state index contributed by atoms with van der Waals surface area (Å²) in [7, 11) is 0. The number of esters is 1. The van der Waals surface area contributed by atoms with E-state index < -0.39 is 5.66 Å². The highest BCUT2D eigenvalue weighted by atomic mass is 16.5. The smallest absolute Gasteiger partial charge is 0.419 e. The van der Waals surface area contributed by atoms with Crippen molar-refractivity contribution in [2.75, 3.05) is 6.61 Å². The van der Waals surface area contributed by atoms with E-state index in [9.17, 15) is 4.79 Å². The number of pyridine rings is 3. The summed E-state index contributed by atoms with van der Waals surface area (Å²) in [4.78, 5) is 14.7. The van der Waals surface area contributed by atoms with Crippen LogP contribution in [0.2, 0.25) is 0 Å². The molecule has 6 heterocycles. The van der Waals surface area contributed by atoms with Crippen molar-refractivity contribution in [1.82, 2.24) is 0 Å². The van der Waals surface area contributed by atoms with E-state index in [1.165, 1.54) is 5.56 Å². The van der Waals surface area contributed by atoms with Crippen molar-refractivity contribution in [3.63, 3.8) is 0 Å². The fourth-order valence-corrected chi connectivity index (χ4v) is 8.86. The van der Waals surface area contributed by atoms with Gasteiger partial charge in [0, 0.05) is 35.6 Å². The van der Waals surface area contributed by atoms with Gasteiger partial charge >= 0.3 is 11.6 Å². The first-order chi connectivity index (χ1) is 25.5. The third-order valence-electron chi connectivity index (χ3n) is 11.1. The maximum atomic E-state index is 14.7. The second-order valence-electron chi connectivity index (χ2n) is 13.9. The largest absolute Gasteiger partial charge is 0.451 e. The number of benzene rings is 4. The molecule has 3 aromatic heterocycles. The van der Waals surface area contributed by atoms with Gasteiger partial charge in [-0.2, -0.15) is 4.57 Å². The number of aryl methyl sites for hydroxylation is 1. The summed E-state index contributed by atoms with van der Waals surface area (Å²) in [6.07, 6.45) is 6.41. The monoisotopic (exact) mass is 674 g/mol. The van der Waals surface area contributed by atoms with Gasteiger partial charge in [-0.25, -0.2) is 4.79 Å². The quantitative estimate of drug-likeness (QED) is 0.155. The normalized spacial score (nSPS) is 16.6. The van der Waals surface area contributed by atoms with E-state index in [2.05, 4.69) is 174 Å². The van der Waals surface area contributed by atoms with Gasteiger partial charge in [0.15, 0.2) is 25.5 Å². The molecule has 10 rings (SSSR count). The molecule has 0 aliphatic carbocycles. The Balaban J connectivity index is 1.44. The van der Waals surface area contributed by atoms with Crippen molar-refractivity contribution >= 4 is 18.6 Å². The number of hydrogen-bond acceptors (Lipinski definition) is 2. The van der Waals surface area contributed by atoms with Gasteiger partial charge in [0.05, 0.1) is 16.7 Å². The molecular weight excluding hydrogens is 639 g/mol. The minimum Gasteiger partial charge on any atom is -0.451 e. The molecule has 4 aromatic carbocycles. The van der Waals surface area contributed by atoms with Gasteiger partial charge in [0.1, 0.15) is 11.1 Å². The molecule has 0 saturated heterocycles. The summed E-state index contributed by atoms with van der Waals surface area (Å²) in [5.74, 6) is -0.350. The van der Waals surface area contributed by atoms with Crippen LogP contribution in [0.4, 0.5) is 0 Å². The summed E-state index contributed by atoms with van der Waals surface area (Å²) in [6, 6.07) is 45.2. The van der Waals surface area contributed by atoms with Crippen LogP contribution >= 0.6 is 0 Å². The van der Waals surface area contributed by atoms with E-state index >= 15 is 0 Å². The molecule has 5 heteroatoms. The first-order valence-electron chi connectivity index (χ1n) is 17.9. The Morgan fingerprint density at radius 2 is 1.40 bits per heavy atom. The van der Waals surface area contributed by atoms with Crippen molar-refractivity contribution in [3.8, 4) is 56.0 Å². The number of aromatic nitrogens is 3. The van der Waals surface area contributed by atoms with Crippen LogP contribution in [0, 0.1) is 6.92 Å². The molecule has 3 aliphatic rings. The molecule has 0 amide bonds. The molecule has 0 fully saturated rings. The standard InChI is InChI=1S/C47H36N3O2/c1-4-36-31(3)21-23-48-24-25-52-46(51)43-29-35(33-19-17-30(2)18-20-33)28-42-37-14-8-9-15-40(37)47(50(42)43)44-38(41-16-10-11-22-49(41)47)26-34(27-39(44)45(36)48)32-12-6-5-7-13-32/h4-23,26-29H,3,24-25H2,1-2H3/q+3. The number of carbonyl (C=O) groups is 1. The Morgan fingerprint density at radius 3 is 2.23 bits per heavy atom. The molecule has 0 N–H and O–H groups in total. The number of fused-ring (bicyclic) bond motifs is 6. The highest BCUT2D eigenvalue weighted by Gasteiger charge is 2.69. The summed E-state index contributed by atoms with van der Waals surface area (Å²) in [5, 5.41) is 2.00. The van der Waals surface area contributed by atoms with Crippen molar-refractivity contribution in [3.05, 3.63) is 173 Å². The maximum absolute atomic E-state index is 14.7. The average Bonchev–Trinajstić information content (AvgIpc) is 3.64. The zero-order chi connectivity index (χ0) is 35.1. The molecule has 3 aliphatic heterocycles. The number of hydrogen-bond donors (Lipinski definition) is 0. The second kappa shape index (κ2) is 11.3. The highest BCUT2D eigenvalue weighted by molar-refractivity contribution is 5.91. The lowest BCUT2D eigenvalue weighted by Crippen LogP contribution is -2.73. The summed E-state index contributed by atoms with van der Waals surface area (Å²) >= 11 is 0. The minimum atomic E-state index is -0.951. The van der Waals surface area contributed by atoms with Gasteiger partial charge in [0.25, 0.3) is 5.69 Å². The minimum absolute atomic E-state index is 0.213. The van der Waals surface area contributed by atoms with Crippen molar-refractivity contribution < 1.29 is 23.2 Å². The molecule has 0 radical (unpaired) electrons. The first-order valence-corrected chi connectivity index (χ1v) is 17.9. The SMILES string of the molecule is C=c1cc[n+]2c(c1=CC)-c1cc(-c3ccccc3)cc3c1C1(c4ccccc4-c4cc(-c5ccc(C)cc5)cc([n+]41)C(=O)OCC2)[n+]1ccccc1-3. The van der Waals surface area contributed by atoms with Gasteiger partial charge in [-0.1, -0.05) is 84.9 Å². The topological polar surface area (TPSA) is 37.9 Å². The lowest BCUT2D eigenvalue weighted by Gasteiger charge is -2.21. The Morgan fingerprint density at radius 1 is 0.692 bits per heavy atom. The summed E-state index contributed by atoms with van der Waals surface area (Å²) in [6.45, 7) is 9.37. The van der Waals surface area contributed by atoms with E-state index in [1.807, 2.05) is 6.07 Å². The van der Waals surface area contributed by atoms with Gasteiger partial charge in [-0.3, -0.25) is 0 Å². The summed E-state index contributed by atoms with van der Waals surface area (Å²) in [5.41, 5.74) is 13.6. The molecule has 5 nitrogen and oxygen atoms in total. The molecule has 7 aromatic rings. The Bertz CT molecular complexity index is 2770. The van der Waals surface area contributed by atoms with E-state index in [-0.39, 0.29) is 12.6 Å². The third kappa shape index (κ3) is 4.11. The number of carbonyl (C=O) groups excluding carboxylic acids is 1. The Hall–Kier alpha value is -6.46.